The first-order valence-corrected chi connectivity index (χ1v) is 3.55. The summed E-state index contributed by atoms with van der Waals surface area (Å²) in [5, 5.41) is 0. The first-order valence-electron chi connectivity index (χ1n) is 3.55. The second-order valence-electron chi connectivity index (χ2n) is 1.82. The Labute approximate surface area is 127 Å². The van der Waals surface area contributed by atoms with Gasteiger partial charge in [-0.05, 0) is 12.2 Å². The van der Waals surface area contributed by atoms with Crippen LogP contribution in [0.4, 0.5) is 0 Å². The van der Waals surface area contributed by atoms with Crippen LogP contribution in [0.3, 0.4) is 0 Å². The van der Waals surface area contributed by atoms with Gasteiger partial charge >= 0.3 is 21.1 Å². The normalized spacial score (nSPS) is 4.92. The van der Waals surface area contributed by atoms with Crippen LogP contribution in [-0.2, 0) is 68.0 Å². The smallest absolute Gasteiger partial charge is 0.358 e. The van der Waals surface area contributed by atoms with Crippen molar-refractivity contribution in [3.05, 3.63) is 13.8 Å². The average Bonchev–Trinajstić information content (AvgIpc) is 1.88. The maximum absolute atomic E-state index is 10.1. The Balaban J connectivity index is -0.0000000160. The molecule has 0 radical (unpaired) electrons. The molecule has 0 unspecified atom stereocenters. The Morgan fingerprint density at radius 3 is 1.38 bits per heavy atom. The molecule has 0 aromatic rings. The number of Topliss-reactive ketones (excluding diaryl/α,β-unsaturated/α-hetero) is 1. The first kappa shape index (κ1) is 36.5. The minimum atomic E-state index is 0. The van der Waals surface area contributed by atoms with Crippen molar-refractivity contribution in [2.45, 2.75) is 40.5 Å². The Morgan fingerprint density at radius 2 is 1.38 bits per heavy atom. The molecule has 0 heterocycles. The van der Waals surface area contributed by atoms with Crippen LogP contribution in [0.5, 0.6) is 0 Å². The zero-order chi connectivity index (χ0) is 7.70. The molecule has 0 aliphatic rings. The quantitative estimate of drug-likeness (QED) is 0.407. The van der Waals surface area contributed by atoms with E-state index in [2.05, 4.69) is 13.8 Å². The summed E-state index contributed by atoms with van der Waals surface area (Å²) in [6, 6.07) is 0. The predicted molar refractivity (Wildman–Crippen MR) is 47.7 cm³/mol. The van der Waals surface area contributed by atoms with Gasteiger partial charge in [0.1, 0.15) is 0 Å². The number of carbonyl (C=O) groups excluding carboxylic acids is 1. The molecule has 0 bridgehead atoms. The van der Waals surface area contributed by atoms with E-state index in [-0.39, 0.29) is 76.4 Å². The van der Waals surface area contributed by atoms with Gasteiger partial charge in [0.25, 0.3) is 0 Å². The molecule has 0 N–H and O–H groups in total. The van der Waals surface area contributed by atoms with E-state index in [1.54, 1.807) is 13.3 Å². The molecule has 80 valence electrons. The zero-order valence-electron chi connectivity index (χ0n) is 9.12. The number of carbonyl (C=O) groups is 1. The summed E-state index contributed by atoms with van der Waals surface area (Å²) in [6.07, 6.45) is 3.47. The molecule has 0 spiro atoms. The average molecular weight is 696 g/mol. The van der Waals surface area contributed by atoms with Crippen molar-refractivity contribution < 1.29 is 68.0 Å². The molecule has 0 atom stereocenters. The van der Waals surface area contributed by atoms with Gasteiger partial charge in [0.15, 0.2) is 0 Å². The Kier molecular flexibility index (Phi) is 105. The van der Waals surface area contributed by atoms with Gasteiger partial charge in [0.2, 0.25) is 0 Å². The third-order valence-electron chi connectivity index (χ3n) is 0.670. The van der Waals surface area contributed by atoms with Crippen LogP contribution in [0, 0.1) is 13.8 Å². The van der Waals surface area contributed by atoms with Crippen molar-refractivity contribution in [1.29, 1.82) is 0 Å². The van der Waals surface area contributed by atoms with Gasteiger partial charge in [0.05, 0.1) is 0 Å². The Hall–Kier alpha value is 1.60. The van der Waals surface area contributed by atoms with E-state index >= 15 is 0 Å². The molecular weight excluding hydrogens is 676 g/mol. The number of ketones is 1. The monoisotopic (exact) mass is 696 g/mol. The Morgan fingerprint density at radius 1 is 1.15 bits per heavy atom. The van der Waals surface area contributed by atoms with E-state index in [1.807, 2.05) is 6.92 Å². The second-order valence-corrected chi connectivity index (χ2v) is 1.82. The fraction of sp³-hybridized carbons (Fsp3) is 0.667. The summed E-state index contributed by atoms with van der Waals surface area (Å²) < 4.78 is 0. The molecular formula is C9H20OW3. The van der Waals surface area contributed by atoms with Gasteiger partial charge in [-0.15, -0.1) is 0 Å². The second kappa shape index (κ2) is 37.4. The zero-order valence-corrected chi connectivity index (χ0v) is 17.9. The molecule has 1 nitrogen and oxygen atoms in total. The van der Waals surface area contributed by atoms with Gasteiger partial charge in [0, 0.05) is 42.1 Å². The molecule has 13 heavy (non-hydrogen) atoms. The van der Waals surface area contributed by atoms with Crippen molar-refractivity contribution in [3.63, 3.8) is 0 Å². The van der Waals surface area contributed by atoms with Crippen LogP contribution >= 0.6 is 0 Å². The topological polar surface area (TPSA) is 17.1 Å². The number of hydrogen-bond acceptors (Lipinski definition) is 1. The standard InChI is InChI=1S/C5H9O.C3H8.CH3.3W/c1-3-5(6)4-2;1-3-2;;;;/h3H,4H2,1-2H3;3H2,1-2H3;1H3;;;/q-1;;-1;;;+2. The van der Waals surface area contributed by atoms with Crippen LogP contribution in [0.1, 0.15) is 40.5 Å². The maximum atomic E-state index is 10.1. The molecule has 0 rings (SSSR count). The summed E-state index contributed by atoms with van der Waals surface area (Å²) in [4.78, 5) is 10.1. The van der Waals surface area contributed by atoms with Crippen molar-refractivity contribution in [2.75, 3.05) is 0 Å². The predicted octanol–water partition coefficient (Wildman–Crippen LogP) is 3.05. The Bertz CT molecular complexity index is 61.9. The summed E-state index contributed by atoms with van der Waals surface area (Å²) >= 11 is 0. The van der Waals surface area contributed by atoms with Crippen molar-refractivity contribution in [3.8, 4) is 0 Å². The fourth-order valence-corrected chi connectivity index (χ4v) is 0.204. The molecule has 4 heteroatoms. The number of rotatable bonds is 2. The van der Waals surface area contributed by atoms with Crippen LogP contribution in [0.15, 0.2) is 0 Å². The van der Waals surface area contributed by atoms with Crippen LogP contribution < -0.4 is 0 Å². The molecule has 0 aliphatic heterocycles. The third-order valence-corrected chi connectivity index (χ3v) is 0.670. The van der Waals surface area contributed by atoms with Gasteiger partial charge in [-0.2, -0.15) is 6.92 Å². The molecule has 0 aromatic carbocycles. The van der Waals surface area contributed by atoms with E-state index in [0.717, 1.165) is 0 Å². The summed E-state index contributed by atoms with van der Waals surface area (Å²) in [7, 11) is 0. The van der Waals surface area contributed by atoms with Crippen LogP contribution in [0.25, 0.3) is 0 Å². The van der Waals surface area contributed by atoms with Gasteiger partial charge in [-0.25, -0.2) is 0 Å². The minimum Gasteiger partial charge on any atom is -0.358 e. The van der Waals surface area contributed by atoms with Gasteiger partial charge in [-0.3, -0.25) is 0 Å². The molecule has 0 aliphatic carbocycles. The summed E-state index contributed by atoms with van der Waals surface area (Å²) in [5.41, 5.74) is 0. The van der Waals surface area contributed by atoms with Crippen LogP contribution in [0.2, 0.25) is 0 Å². The SMILES string of the molecule is CCC.C[CH-]C(=O)CC.[CH3-].[W+2].[W].[W]. The van der Waals surface area contributed by atoms with Gasteiger partial charge in [-0.1, -0.05) is 27.2 Å². The first-order chi connectivity index (χ1) is 4.22. The molecule has 0 saturated heterocycles. The van der Waals surface area contributed by atoms with Crippen molar-refractivity contribution in [2.24, 2.45) is 0 Å². The summed E-state index contributed by atoms with van der Waals surface area (Å²) in [5.74, 6) is 0.218. The molecule has 0 fully saturated rings. The van der Waals surface area contributed by atoms with E-state index in [1.165, 1.54) is 6.42 Å². The minimum absolute atomic E-state index is 0. The fourth-order valence-electron chi connectivity index (χ4n) is 0.204. The summed E-state index contributed by atoms with van der Waals surface area (Å²) in [6.45, 7) is 7.86. The molecule has 0 saturated carbocycles. The van der Waals surface area contributed by atoms with E-state index in [0.29, 0.717) is 6.42 Å². The van der Waals surface area contributed by atoms with Crippen LogP contribution in [-0.4, -0.2) is 5.78 Å². The third kappa shape index (κ3) is 58.3. The molecule has 0 aromatic heterocycles. The van der Waals surface area contributed by atoms with Crippen molar-refractivity contribution >= 4 is 5.78 Å². The number of hydrogen-bond donors (Lipinski definition) is 0. The largest absolute Gasteiger partial charge is 2.00 e. The molecule has 0 amide bonds. The van der Waals surface area contributed by atoms with E-state index in [4.69, 9.17) is 0 Å². The van der Waals surface area contributed by atoms with E-state index < -0.39 is 0 Å². The van der Waals surface area contributed by atoms with Gasteiger partial charge < -0.3 is 18.6 Å². The van der Waals surface area contributed by atoms with E-state index in [9.17, 15) is 4.79 Å². The maximum Gasteiger partial charge on any atom is 2.00 e. The van der Waals surface area contributed by atoms with Crippen molar-refractivity contribution in [1.82, 2.24) is 0 Å².